The van der Waals surface area contributed by atoms with Crippen LogP contribution in [0.1, 0.15) is 28.6 Å². The average Bonchev–Trinajstić information content (AvgIpc) is 3.30. The SMILES string of the molecule is CCN(Cc1ccc(C(=O)N(C)Cc2ccco2)cc1)S(=O)(=O)c1ccc(OC)cc1. The van der Waals surface area contributed by atoms with Crippen LogP contribution in [-0.2, 0) is 23.1 Å². The molecule has 0 N–H and O–H groups in total. The summed E-state index contributed by atoms with van der Waals surface area (Å²) in [6.07, 6.45) is 1.57. The third kappa shape index (κ3) is 5.34. The van der Waals surface area contributed by atoms with Gasteiger partial charge in [0.2, 0.25) is 10.0 Å². The van der Waals surface area contributed by atoms with Crippen LogP contribution in [0.15, 0.2) is 76.2 Å². The van der Waals surface area contributed by atoms with Crippen molar-refractivity contribution in [2.24, 2.45) is 0 Å². The first kappa shape index (κ1) is 22.6. The molecule has 2 aromatic carbocycles. The summed E-state index contributed by atoms with van der Waals surface area (Å²) in [5.41, 5.74) is 1.32. The van der Waals surface area contributed by atoms with Crippen LogP contribution in [0.3, 0.4) is 0 Å². The van der Waals surface area contributed by atoms with E-state index >= 15 is 0 Å². The van der Waals surface area contributed by atoms with Gasteiger partial charge in [0.1, 0.15) is 11.5 Å². The number of sulfonamides is 1. The topological polar surface area (TPSA) is 80.1 Å². The summed E-state index contributed by atoms with van der Waals surface area (Å²) in [6.45, 7) is 2.70. The van der Waals surface area contributed by atoms with Crippen molar-refractivity contribution < 1.29 is 22.4 Å². The van der Waals surface area contributed by atoms with Gasteiger partial charge in [0.25, 0.3) is 5.91 Å². The smallest absolute Gasteiger partial charge is 0.254 e. The second-order valence-electron chi connectivity index (χ2n) is 7.04. The van der Waals surface area contributed by atoms with Crippen LogP contribution in [0.5, 0.6) is 5.75 Å². The number of furan rings is 1. The Balaban J connectivity index is 1.70. The third-order valence-corrected chi connectivity index (χ3v) is 6.86. The molecular formula is C23H26N2O5S. The molecule has 1 amide bonds. The molecule has 7 nitrogen and oxygen atoms in total. The molecule has 8 heteroatoms. The molecule has 0 aliphatic heterocycles. The van der Waals surface area contributed by atoms with Crippen molar-refractivity contribution in [2.75, 3.05) is 20.7 Å². The van der Waals surface area contributed by atoms with Crippen LogP contribution in [0.2, 0.25) is 0 Å². The van der Waals surface area contributed by atoms with Gasteiger partial charge in [0.05, 0.1) is 24.8 Å². The maximum Gasteiger partial charge on any atom is 0.254 e. The molecule has 0 aliphatic rings. The van der Waals surface area contributed by atoms with E-state index < -0.39 is 10.0 Å². The lowest BCUT2D eigenvalue weighted by molar-refractivity contribution is 0.0775. The predicted molar refractivity (Wildman–Crippen MR) is 117 cm³/mol. The molecule has 0 unspecified atom stereocenters. The van der Waals surface area contributed by atoms with Crippen molar-refractivity contribution in [3.63, 3.8) is 0 Å². The monoisotopic (exact) mass is 442 g/mol. The highest BCUT2D eigenvalue weighted by Crippen LogP contribution is 2.21. The van der Waals surface area contributed by atoms with Crippen LogP contribution >= 0.6 is 0 Å². The molecule has 0 saturated heterocycles. The number of nitrogens with zero attached hydrogens (tertiary/aromatic N) is 2. The summed E-state index contributed by atoms with van der Waals surface area (Å²) < 4.78 is 37.8. The van der Waals surface area contributed by atoms with Crippen LogP contribution in [-0.4, -0.2) is 44.2 Å². The third-order valence-electron chi connectivity index (χ3n) is 4.93. The largest absolute Gasteiger partial charge is 0.497 e. The van der Waals surface area contributed by atoms with Gasteiger partial charge in [-0.25, -0.2) is 8.42 Å². The zero-order chi connectivity index (χ0) is 22.4. The van der Waals surface area contributed by atoms with Gasteiger partial charge < -0.3 is 14.1 Å². The average molecular weight is 443 g/mol. The molecular weight excluding hydrogens is 416 g/mol. The van der Waals surface area contributed by atoms with Crippen molar-refractivity contribution in [2.45, 2.75) is 24.9 Å². The van der Waals surface area contributed by atoms with Crippen LogP contribution < -0.4 is 4.74 Å². The fraction of sp³-hybridized carbons (Fsp3) is 0.261. The highest BCUT2D eigenvalue weighted by molar-refractivity contribution is 7.89. The summed E-state index contributed by atoms with van der Waals surface area (Å²) >= 11 is 0. The normalized spacial score (nSPS) is 11.5. The lowest BCUT2D eigenvalue weighted by Gasteiger charge is -2.21. The highest BCUT2D eigenvalue weighted by atomic mass is 32.2. The molecule has 3 aromatic rings. The molecule has 1 aromatic heterocycles. The Hall–Kier alpha value is -3.10. The van der Waals surface area contributed by atoms with E-state index in [1.54, 1.807) is 67.6 Å². The molecule has 0 spiro atoms. The van der Waals surface area contributed by atoms with Crippen LogP contribution in [0.4, 0.5) is 0 Å². The van der Waals surface area contributed by atoms with Gasteiger partial charge in [-0.15, -0.1) is 0 Å². The Kier molecular flexibility index (Phi) is 7.14. The number of methoxy groups -OCH3 is 1. The van der Waals surface area contributed by atoms with Crippen LogP contribution in [0.25, 0.3) is 0 Å². The quantitative estimate of drug-likeness (QED) is 0.504. The van der Waals surface area contributed by atoms with Gasteiger partial charge in [0, 0.05) is 25.7 Å². The number of carbonyl (C=O) groups is 1. The van der Waals surface area contributed by atoms with E-state index in [9.17, 15) is 13.2 Å². The van der Waals surface area contributed by atoms with E-state index in [0.717, 1.165) is 5.56 Å². The van der Waals surface area contributed by atoms with E-state index in [1.807, 2.05) is 6.07 Å². The number of ether oxygens (including phenoxy) is 1. The molecule has 3 rings (SSSR count). The van der Waals surface area contributed by atoms with E-state index in [4.69, 9.17) is 9.15 Å². The first-order valence-corrected chi connectivity index (χ1v) is 11.3. The van der Waals surface area contributed by atoms with Crippen molar-refractivity contribution in [1.82, 2.24) is 9.21 Å². The number of carbonyl (C=O) groups excluding carboxylic acids is 1. The number of amides is 1. The summed E-state index contributed by atoms with van der Waals surface area (Å²) in [5, 5.41) is 0. The summed E-state index contributed by atoms with van der Waals surface area (Å²) in [6, 6.07) is 16.9. The lowest BCUT2D eigenvalue weighted by atomic mass is 10.1. The molecule has 0 radical (unpaired) electrons. The van der Waals surface area contributed by atoms with E-state index in [0.29, 0.717) is 30.2 Å². The summed E-state index contributed by atoms with van der Waals surface area (Å²) in [5.74, 6) is 1.16. The second kappa shape index (κ2) is 9.80. The number of benzene rings is 2. The van der Waals surface area contributed by atoms with E-state index in [2.05, 4.69) is 0 Å². The maximum atomic E-state index is 13.0. The van der Waals surface area contributed by atoms with Gasteiger partial charge in [0.15, 0.2) is 0 Å². The first-order chi connectivity index (χ1) is 14.8. The zero-order valence-electron chi connectivity index (χ0n) is 17.8. The second-order valence-corrected chi connectivity index (χ2v) is 8.98. The van der Waals surface area contributed by atoms with Gasteiger partial charge in [-0.3, -0.25) is 4.79 Å². The molecule has 31 heavy (non-hydrogen) atoms. The van der Waals surface area contributed by atoms with Crippen molar-refractivity contribution in [3.05, 3.63) is 83.8 Å². The fourth-order valence-electron chi connectivity index (χ4n) is 3.15. The Labute approximate surface area is 182 Å². The number of rotatable bonds is 9. The molecule has 0 saturated carbocycles. The van der Waals surface area contributed by atoms with Gasteiger partial charge in [-0.1, -0.05) is 19.1 Å². The van der Waals surface area contributed by atoms with Gasteiger partial charge in [-0.2, -0.15) is 4.31 Å². The maximum absolute atomic E-state index is 13.0. The Morgan fingerprint density at radius 1 is 1.00 bits per heavy atom. The van der Waals surface area contributed by atoms with Gasteiger partial charge in [-0.05, 0) is 54.1 Å². The summed E-state index contributed by atoms with van der Waals surface area (Å²) in [7, 11) is -0.411. The Morgan fingerprint density at radius 2 is 1.68 bits per heavy atom. The Bertz CT molecular complexity index is 1090. The van der Waals surface area contributed by atoms with Crippen LogP contribution in [0, 0.1) is 0 Å². The molecule has 0 bridgehead atoms. The lowest BCUT2D eigenvalue weighted by Crippen LogP contribution is -2.30. The van der Waals surface area contributed by atoms with Gasteiger partial charge >= 0.3 is 0 Å². The summed E-state index contributed by atoms with van der Waals surface area (Å²) in [4.78, 5) is 14.4. The minimum Gasteiger partial charge on any atom is -0.497 e. The van der Waals surface area contributed by atoms with E-state index in [-0.39, 0.29) is 17.3 Å². The zero-order valence-corrected chi connectivity index (χ0v) is 18.6. The van der Waals surface area contributed by atoms with Crippen molar-refractivity contribution >= 4 is 15.9 Å². The first-order valence-electron chi connectivity index (χ1n) is 9.86. The fourth-order valence-corrected chi connectivity index (χ4v) is 4.59. The highest BCUT2D eigenvalue weighted by Gasteiger charge is 2.23. The molecule has 1 heterocycles. The molecule has 0 aliphatic carbocycles. The predicted octanol–water partition coefficient (Wildman–Crippen LogP) is 3.77. The molecule has 0 atom stereocenters. The Morgan fingerprint density at radius 3 is 2.23 bits per heavy atom. The van der Waals surface area contributed by atoms with Crippen molar-refractivity contribution in [1.29, 1.82) is 0 Å². The standard InChI is InChI=1S/C23H26N2O5S/c1-4-25(31(27,28)22-13-11-20(29-3)12-14-22)16-18-7-9-19(10-8-18)23(26)24(2)17-21-6-5-15-30-21/h5-15H,4,16-17H2,1-3H3. The van der Waals surface area contributed by atoms with E-state index in [1.165, 1.54) is 23.5 Å². The molecule has 0 fully saturated rings. The molecule has 164 valence electrons. The number of hydrogen-bond donors (Lipinski definition) is 0. The van der Waals surface area contributed by atoms with Crippen molar-refractivity contribution in [3.8, 4) is 5.75 Å². The number of hydrogen-bond acceptors (Lipinski definition) is 5. The minimum atomic E-state index is -3.65. The minimum absolute atomic E-state index is 0.138.